The highest BCUT2D eigenvalue weighted by atomic mass is 16.4. The number of aromatic hydroxyl groups is 2. The van der Waals surface area contributed by atoms with Gasteiger partial charge >= 0.3 is 11.9 Å². The molecule has 26 heavy (non-hydrogen) atoms. The second-order valence-corrected chi connectivity index (χ2v) is 5.01. The van der Waals surface area contributed by atoms with Gasteiger partial charge in [0.1, 0.15) is 11.5 Å². The lowest BCUT2D eigenvalue weighted by Gasteiger charge is -1.99. The van der Waals surface area contributed by atoms with E-state index in [9.17, 15) is 19.8 Å². The van der Waals surface area contributed by atoms with Crippen LogP contribution < -0.4 is 0 Å². The number of hydrogen-bond acceptors (Lipinski definition) is 6. The maximum Gasteiger partial charge on any atom is 0.335 e. The minimum Gasteiger partial charge on any atom is -0.507 e. The van der Waals surface area contributed by atoms with Gasteiger partial charge < -0.3 is 20.4 Å². The van der Waals surface area contributed by atoms with Crippen LogP contribution in [0.3, 0.4) is 0 Å². The van der Waals surface area contributed by atoms with Crippen LogP contribution in [0.2, 0.25) is 0 Å². The average Bonchev–Trinajstić information content (AvgIpc) is 2.59. The Morgan fingerprint density at radius 2 is 1.12 bits per heavy atom. The zero-order chi connectivity index (χ0) is 19.1. The summed E-state index contributed by atoms with van der Waals surface area (Å²) in [5.74, 6) is -2.71. The summed E-state index contributed by atoms with van der Waals surface area (Å²) in [5.41, 5.74) is 0.609. The van der Waals surface area contributed by atoms with Gasteiger partial charge in [0.2, 0.25) is 0 Å². The van der Waals surface area contributed by atoms with Gasteiger partial charge in [0.15, 0.2) is 0 Å². The number of benzene rings is 2. The fourth-order valence-electron chi connectivity index (χ4n) is 1.90. The van der Waals surface area contributed by atoms with Gasteiger partial charge in [-0.25, -0.2) is 9.59 Å². The predicted octanol–water partition coefficient (Wildman–Crippen LogP) is 2.50. The zero-order valence-corrected chi connectivity index (χ0v) is 13.3. The van der Waals surface area contributed by atoms with E-state index in [0.717, 1.165) is 12.1 Å². The van der Waals surface area contributed by atoms with E-state index in [1.807, 2.05) is 0 Å². The topological polar surface area (TPSA) is 140 Å². The molecular formula is C18H14N2O6. The van der Waals surface area contributed by atoms with E-state index in [0.29, 0.717) is 11.1 Å². The molecule has 132 valence electrons. The summed E-state index contributed by atoms with van der Waals surface area (Å²) < 4.78 is 0. The summed E-state index contributed by atoms with van der Waals surface area (Å²) in [5, 5.41) is 37.0. The number of nitrogens with zero attached hydrogens (tertiary/aromatic N) is 2. The van der Waals surface area contributed by atoms with Gasteiger partial charge in [0.25, 0.3) is 0 Å². The molecule has 0 amide bonds. The highest BCUT2D eigenvalue weighted by Crippen LogP contribution is 2.18. The minimum atomic E-state index is -1.14. The number of carboxylic acids is 2. The highest BCUT2D eigenvalue weighted by Gasteiger charge is 2.06. The monoisotopic (exact) mass is 354 g/mol. The van der Waals surface area contributed by atoms with E-state index in [2.05, 4.69) is 9.98 Å². The maximum atomic E-state index is 10.8. The number of aromatic carboxylic acids is 2. The first kappa shape index (κ1) is 18.4. The number of carboxylic acid groups (broad SMARTS) is 2. The van der Waals surface area contributed by atoms with Crippen molar-refractivity contribution in [1.82, 2.24) is 0 Å². The average molecular weight is 354 g/mol. The SMILES string of the molecule is O=C(O)c1ccc(C=N/C=C/N=Cc2ccc(C(=O)O)cc2O)c(O)c1. The lowest BCUT2D eigenvalue weighted by Crippen LogP contribution is -1.96. The fourth-order valence-corrected chi connectivity index (χ4v) is 1.90. The fraction of sp³-hybridized carbons (Fsp3) is 0. The van der Waals surface area contributed by atoms with Gasteiger partial charge in [-0.05, 0) is 36.4 Å². The molecule has 0 spiro atoms. The molecule has 0 saturated heterocycles. The molecular weight excluding hydrogens is 340 g/mol. The van der Waals surface area contributed by atoms with Crippen LogP contribution in [-0.2, 0) is 0 Å². The molecule has 8 heteroatoms. The smallest absolute Gasteiger partial charge is 0.335 e. The van der Waals surface area contributed by atoms with Crippen LogP contribution in [0, 0.1) is 0 Å². The Bertz CT molecular complexity index is 856. The third kappa shape index (κ3) is 4.78. The summed E-state index contributed by atoms with van der Waals surface area (Å²) in [6.45, 7) is 0. The molecule has 2 aromatic rings. The van der Waals surface area contributed by atoms with Crippen LogP contribution in [0.1, 0.15) is 31.8 Å². The lowest BCUT2D eigenvalue weighted by atomic mass is 10.1. The summed E-state index contributed by atoms with van der Waals surface area (Å²) in [4.78, 5) is 29.3. The van der Waals surface area contributed by atoms with Gasteiger partial charge in [-0.1, -0.05) is 0 Å². The highest BCUT2D eigenvalue weighted by molar-refractivity contribution is 5.92. The van der Waals surface area contributed by atoms with Crippen molar-refractivity contribution in [3.63, 3.8) is 0 Å². The maximum absolute atomic E-state index is 10.8. The molecule has 0 aliphatic rings. The lowest BCUT2D eigenvalue weighted by molar-refractivity contribution is 0.0685. The number of hydrogen-bond donors (Lipinski definition) is 4. The van der Waals surface area contributed by atoms with Crippen LogP contribution in [0.5, 0.6) is 11.5 Å². The molecule has 0 bridgehead atoms. The van der Waals surface area contributed by atoms with E-state index in [1.165, 1.54) is 49.1 Å². The van der Waals surface area contributed by atoms with Gasteiger partial charge in [-0.15, -0.1) is 0 Å². The molecule has 2 aromatic carbocycles. The zero-order valence-electron chi connectivity index (χ0n) is 13.3. The molecule has 0 heterocycles. The van der Waals surface area contributed by atoms with E-state index in [-0.39, 0.29) is 22.6 Å². The Balaban J connectivity index is 2.01. The van der Waals surface area contributed by atoms with E-state index in [1.54, 1.807) is 0 Å². The van der Waals surface area contributed by atoms with Crippen LogP contribution in [0.4, 0.5) is 0 Å². The van der Waals surface area contributed by atoms with Crippen LogP contribution >= 0.6 is 0 Å². The van der Waals surface area contributed by atoms with Gasteiger partial charge in [0, 0.05) is 36.0 Å². The Hall–Kier alpha value is -3.94. The number of rotatable bonds is 6. The summed E-state index contributed by atoms with van der Waals surface area (Å²) in [6.07, 6.45) is 5.30. The van der Waals surface area contributed by atoms with Crippen molar-refractivity contribution in [2.75, 3.05) is 0 Å². The number of aliphatic imine (C=N–C) groups is 2. The van der Waals surface area contributed by atoms with Crippen LogP contribution in [0.25, 0.3) is 0 Å². The second-order valence-electron chi connectivity index (χ2n) is 5.01. The summed E-state index contributed by atoms with van der Waals surface area (Å²) >= 11 is 0. The second kappa shape index (κ2) is 8.25. The van der Waals surface area contributed by atoms with Gasteiger partial charge in [0.05, 0.1) is 11.1 Å². The molecule has 2 rings (SSSR count). The van der Waals surface area contributed by atoms with E-state index >= 15 is 0 Å². The third-order valence-corrected chi connectivity index (χ3v) is 3.22. The van der Waals surface area contributed by atoms with E-state index in [4.69, 9.17) is 10.2 Å². The Kier molecular flexibility index (Phi) is 5.83. The van der Waals surface area contributed by atoms with Crippen molar-refractivity contribution >= 4 is 24.4 Å². The van der Waals surface area contributed by atoms with E-state index < -0.39 is 11.9 Å². The van der Waals surface area contributed by atoms with Gasteiger partial charge in [-0.2, -0.15) is 0 Å². The molecule has 4 N–H and O–H groups in total. The Morgan fingerprint density at radius 3 is 1.42 bits per heavy atom. The first-order chi connectivity index (χ1) is 12.4. The number of carbonyl (C=O) groups is 2. The van der Waals surface area contributed by atoms with Crippen LogP contribution in [0.15, 0.2) is 58.8 Å². The first-order valence-electron chi connectivity index (χ1n) is 7.22. The predicted molar refractivity (Wildman–Crippen MR) is 94.5 cm³/mol. The third-order valence-electron chi connectivity index (χ3n) is 3.22. The standard InChI is InChI=1S/C18H14N2O6/c21-15-7-11(17(23)24)1-3-13(15)9-19-5-6-20-10-14-4-2-12(18(25)26)8-16(14)22/h1-10,21-22H,(H,23,24)(H,25,26)/b6-5+,19-9?,20-10?. The molecule has 0 aromatic heterocycles. The molecule has 0 saturated carbocycles. The Morgan fingerprint density at radius 1 is 0.731 bits per heavy atom. The largest absolute Gasteiger partial charge is 0.507 e. The quantitative estimate of drug-likeness (QED) is 0.588. The molecule has 0 unspecified atom stereocenters. The number of phenolic OH excluding ortho intramolecular Hbond substituents is 2. The molecule has 0 fully saturated rings. The molecule has 8 nitrogen and oxygen atoms in total. The molecule has 0 aliphatic heterocycles. The minimum absolute atomic E-state index is 0.0338. The number of phenols is 2. The molecule has 0 aliphatic carbocycles. The summed E-state index contributed by atoms with van der Waals surface area (Å²) in [7, 11) is 0. The normalized spacial score (nSPS) is 11.5. The molecule has 0 atom stereocenters. The molecule has 0 radical (unpaired) electrons. The van der Waals surface area contributed by atoms with Crippen molar-refractivity contribution in [2.24, 2.45) is 9.98 Å². The van der Waals surface area contributed by atoms with Crippen molar-refractivity contribution in [2.45, 2.75) is 0 Å². The summed E-state index contributed by atoms with van der Waals surface area (Å²) in [6, 6.07) is 7.76. The first-order valence-corrected chi connectivity index (χ1v) is 7.22. The van der Waals surface area contributed by atoms with Crippen molar-refractivity contribution in [3.8, 4) is 11.5 Å². The Labute approximate surface area is 147 Å². The van der Waals surface area contributed by atoms with Gasteiger partial charge in [-0.3, -0.25) is 9.98 Å². The van der Waals surface area contributed by atoms with Crippen molar-refractivity contribution in [1.29, 1.82) is 0 Å². The van der Waals surface area contributed by atoms with Crippen molar-refractivity contribution < 1.29 is 30.0 Å². The van der Waals surface area contributed by atoms with Crippen molar-refractivity contribution in [3.05, 3.63) is 71.1 Å². The van der Waals surface area contributed by atoms with Crippen LogP contribution in [-0.4, -0.2) is 44.8 Å².